The summed E-state index contributed by atoms with van der Waals surface area (Å²) >= 11 is 3.39. The monoisotopic (exact) mass is 397 g/mol. The fraction of sp³-hybridized carbons (Fsp3) is 0.200. The van der Waals surface area contributed by atoms with Crippen molar-refractivity contribution in [1.29, 1.82) is 5.26 Å². The summed E-state index contributed by atoms with van der Waals surface area (Å²) in [6.07, 6.45) is 1.45. The molecule has 0 spiro atoms. The minimum absolute atomic E-state index is 0.0384. The van der Waals surface area contributed by atoms with Crippen molar-refractivity contribution in [3.8, 4) is 6.07 Å². The number of carbonyl (C=O) groups is 1. The molecule has 0 fully saturated rings. The van der Waals surface area contributed by atoms with E-state index in [0.717, 1.165) is 32.4 Å². The Morgan fingerprint density at radius 3 is 2.32 bits per heavy atom. The zero-order valence-electron chi connectivity index (χ0n) is 14.5. The minimum Gasteiger partial charge on any atom is -0.386 e. The Bertz CT molecular complexity index is 825. The molecule has 2 rings (SSSR count). The number of halogens is 1. The molecule has 0 atom stereocenters. The van der Waals surface area contributed by atoms with Crippen LogP contribution in [0, 0.1) is 32.1 Å². The average Bonchev–Trinajstić information content (AvgIpc) is 2.56. The van der Waals surface area contributed by atoms with Gasteiger partial charge in [-0.15, -0.1) is 0 Å². The van der Waals surface area contributed by atoms with Crippen LogP contribution in [0.25, 0.3) is 0 Å². The Labute approximate surface area is 156 Å². The van der Waals surface area contributed by atoms with Gasteiger partial charge in [0.2, 0.25) is 0 Å². The number of carbonyl (C=O) groups excluding carboxylic acids is 1. The van der Waals surface area contributed by atoms with Crippen molar-refractivity contribution in [2.75, 3.05) is 5.32 Å². The topological polar surface area (TPSA) is 64.9 Å². The Morgan fingerprint density at radius 2 is 1.76 bits per heavy atom. The second kappa shape index (κ2) is 8.50. The van der Waals surface area contributed by atoms with Crippen LogP contribution in [-0.2, 0) is 11.3 Å². The highest BCUT2D eigenvalue weighted by Gasteiger charge is 2.12. The molecule has 0 aliphatic rings. The van der Waals surface area contributed by atoms with Gasteiger partial charge in [0, 0.05) is 22.9 Å². The summed E-state index contributed by atoms with van der Waals surface area (Å²) in [4.78, 5) is 12.4. The lowest BCUT2D eigenvalue weighted by molar-refractivity contribution is -0.112. The highest BCUT2D eigenvalue weighted by molar-refractivity contribution is 9.10. The summed E-state index contributed by atoms with van der Waals surface area (Å²) in [6, 6.07) is 13.8. The number of anilines is 1. The molecule has 0 saturated heterocycles. The predicted molar refractivity (Wildman–Crippen MR) is 104 cm³/mol. The predicted octanol–water partition coefficient (Wildman–Crippen LogP) is 4.51. The van der Waals surface area contributed by atoms with E-state index in [1.165, 1.54) is 6.20 Å². The summed E-state index contributed by atoms with van der Waals surface area (Å²) in [7, 11) is 0. The first-order chi connectivity index (χ1) is 11.9. The number of aryl methyl sites for hydroxylation is 3. The van der Waals surface area contributed by atoms with E-state index in [9.17, 15) is 10.1 Å². The van der Waals surface area contributed by atoms with Crippen molar-refractivity contribution < 1.29 is 4.79 Å². The number of hydrogen-bond donors (Lipinski definition) is 2. The van der Waals surface area contributed by atoms with Crippen molar-refractivity contribution >= 4 is 27.5 Å². The second-order valence-electron chi connectivity index (χ2n) is 5.91. The van der Waals surface area contributed by atoms with E-state index in [4.69, 9.17) is 0 Å². The first-order valence-electron chi connectivity index (χ1n) is 7.88. The third-order valence-electron chi connectivity index (χ3n) is 3.75. The zero-order chi connectivity index (χ0) is 18.4. The molecule has 0 aliphatic heterocycles. The molecule has 0 bridgehead atoms. The number of amides is 1. The SMILES string of the molecule is Cc1cc(C)c(NC(=O)/C(C#N)=C\NCc2ccc(Br)cc2)c(C)c1. The van der Waals surface area contributed by atoms with Gasteiger partial charge in [-0.3, -0.25) is 4.79 Å². The molecule has 128 valence electrons. The zero-order valence-corrected chi connectivity index (χ0v) is 16.1. The molecule has 1 amide bonds. The van der Waals surface area contributed by atoms with Crippen LogP contribution in [0.1, 0.15) is 22.3 Å². The van der Waals surface area contributed by atoms with Crippen molar-refractivity contribution in [2.24, 2.45) is 0 Å². The van der Waals surface area contributed by atoms with Gasteiger partial charge in [0.1, 0.15) is 11.6 Å². The molecular weight excluding hydrogens is 378 g/mol. The smallest absolute Gasteiger partial charge is 0.267 e. The summed E-state index contributed by atoms with van der Waals surface area (Å²) in [6.45, 7) is 6.43. The molecule has 25 heavy (non-hydrogen) atoms. The largest absolute Gasteiger partial charge is 0.386 e. The van der Waals surface area contributed by atoms with Crippen LogP contribution in [0.5, 0.6) is 0 Å². The van der Waals surface area contributed by atoms with Crippen LogP contribution in [-0.4, -0.2) is 5.91 Å². The lowest BCUT2D eigenvalue weighted by Gasteiger charge is -2.12. The highest BCUT2D eigenvalue weighted by Crippen LogP contribution is 2.22. The van der Waals surface area contributed by atoms with Crippen LogP contribution in [0.3, 0.4) is 0 Å². The lowest BCUT2D eigenvalue weighted by atomic mass is 10.0. The standard InChI is InChI=1S/C20H20BrN3O/c1-13-8-14(2)19(15(3)9-13)24-20(25)17(10-22)12-23-11-16-4-6-18(21)7-5-16/h4-9,12,23H,11H2,1-3H3,(H,24,25)/b17-12-. The summed E-state index contributed by atoms with van der Waals surface area (Å²) in [5.74, 6) is -0.416. The fourth-order valence-corrected chi connectivity index (χ4v) is 2.84. The second-order valence-corrected chi connectivity index (χ2v) is 6.82. The molecule has 0 heterocycles. The molecule has 2 aromatic rings. The summed E-state index contributed by atoms with van der Waals surface area (Å²) < 4.78 is 1.01. The summed E-state index contributed by atoms with van der Waals surface area (Å²) in [5, 5.41) is 15.1. The fourth-order valence-electron chi connectivity index (χ4n) is 2.58. The average molecular weight is 398 g/mol. The Kier molecular flexibility index (Phi) is 6.37. The lowest BCUT2D eigenvalue weighted by Crippen LogP contribution is -2.18. The summed E-state index contributed by atoms with van der Waals surface area (Å²) in [5.41, 5.74) is 4.95. The molecule has 0 unspecified atom stereocenters. The van der Waals surface area contributed by atoms with E-state index in [2.05, 4.69) is 26.6 Å². The number of rotatable bonds is 5. The number of hydrogen-bond acceptors (Lipinski definition) is 3. The Hall–Kier alpha value is -2.58. The highest BCUT2D eigenvalue weighted by atomic mass is 79.9. The Balaban J connectivity index is 2.06. The van der Waals surface area contributed by atoms with Crippen molar-refractivity contribution in [3.05, 3.63) is 74.9 Å². The molecule has 5 heteroatoms. The minimum atomic E-state index is -0.416. The first-order valence-corrected chi connectivity index (χ1v) is 8.67. The molecule has 2 N–H and O–H groups in total. The van der Waals surface area contributed by atoms with E-state index in [-0.39, 0.29) is 5.57 Å². The van der Waals surface area contributed by atoms with Crippen LogP contribution >= 0.6 is 15.9 Å². The van der Waals surface area contributed by atoms with Crippen LogP contribution in [0.2, 0.25) is 0 Å². The van der Waals surface area contributed by atoms with E-state index in [1.54, 1.807) is 0 Å². The molecule has 4 nitrogen and oxygen atoms in total. The number of benzene rings is 2. The number of nitriles is 1. The first kappa shape index (κ1) is 18.8. The van der Waals surface area contributed by atoms with E-state index >= 15 is 0 Å². The normalized spacial score (nSPS) is 10.9. The third kappa shape index (κ3) is 5.20. The maximum absolute atomic E-state index is 12.4. The van der Waals surface area contributed by atoms with E-state index in [1.807, 2.05) is 63.2 Å². The van der Waals surface area contributed by atoms with Gasteiger partial charge in [0.25, 0.3) is 5.91 Å². The van der Waals surface area contributed by atoms with Crippen LogP contribution in [0.15, 0.2) is 52.6 Å². The van der Waals surface area contributed by atoms with Gasteiger partial charge in [-0.25, -0.2) is 0 Å². The van der Waals surface area contributed by atoms with Gasteiger partial charge in [-0.1, -0.05) is 45.8 Å². The van der Waals surface area contributed by atoms with Crippen molar-refractivity contribution in [3.63, 3.8) is 0 Å². The van der Waals surface area contributed by atoms with Crippen LogP contribution in [0.4, 0.5) is 5.69 Å². The van der Waals surface area contributed by atoms with Crippen LogP contribution < -0.4 is 10.6 Å². The van der Waals surface area contributed by atoms with Crippen molar-refractivity contribution in [2.45, 2.75) is 27.3 Å². The molecule has 0 aromatic heterocycles. The van der Waals surface area contributed by atoms with Gasteiger partial charge in [-0.2, -0.15) is 5.26 Å². The molecule has 0 aliphatic carbocycles. The van der Waals surface area contributed by atoms with E-state index < -0.39 is 5.91 Å². The molecule has 0 saturated carbocycles. The molecule has 0 radical (unpaired) electrons. The van der Waals surface area contributed by atoms with E-state index in [0.29, 0.717) is 6.54 Å². The van der Waals surface area contributed by atoms with Gasteiger partial charge in [-0.05, 0) is 49.6 Å². The number of nitrogens with zero attached hydrogens (tertiary/aromatic N) is 1. The molecule has 2 aromatic carbocycles. The quantitative estimate of drug-likeness (QED) is 0.575. The maximum Gasteiger partial charge on any atom is 0.267 e. The van der Waals surface area contributed by atoms with Gasteiger partial charge < -0.3 is 10.6 Å². The maximum atomic E-state index is 12.4. The van der Waals surface area contributed by atoms with Gasteiger partial charge in [0.15, 0.2) is 0 Å². The molecular formula is C20H20BrN3O. The van der Waals surface area contributed by atoms with Gasteiger partial charge in [0.05, 0.1) is 0 Å². The van der Waals surface area contributed by atoms with Gasteiger partial charge >= 0.3 is 0 Å². The Morgan fingerprint density at radius 1 is 1.16 bits per heavy atom. The third-order valence-corrected chi connectivity index (χ3v) is 4.28. The number of nitrogens with one attached hydrogen (secondary N) is 2. The van der Waals surface area contributed by atoms with Crippen molar-refractivity contribution in [1.82, 2.24) is 5.32 Å².